The Balaban J connectivity index is 1.66. The van der Waals surface area contributed by atoms with Gasteiger partial charge in [0.1, 0.15) is 0 Å². The Morgan fingerprint density at radius 1 is 1.19 bits per heavy atom. The highest BCUT2D eigenvalue weighted by atomic mass is 35.5. The van der Waals surface area contributed by atoms with Crippen molar-refractivity contribution in [3.05, 3.63) is 28.8 Å². The van der Waals surface area contributed by atoms with Crippen LogP contribution in [-0.2, 0) is 0 Å². The number of halogens is 1. The maximum absolute atomic E-state index is 12.1. The van der Waals surface area contributed by atoms with E-state index in [9.17, 15) is 9.59 Å². The molecule has 0 radical (unpaired) electrons. The molecule has 0 bridgehead atoms. The molecule has 1 aromatic rings. The molecule has 0 atom stereocenters. The third-order valence-electron chi connectivity index (χ3n) is 4.02. The van der Waals surface area contributed by atoms with Crippen molar-refractivity contribution in [1.82, 2.24) is 5.32 Å². The molecule has 2 saturated carbocycles. The summed E-state index contributed by atoms with van der Waals surface area (Å²) in [6.07, 6.45) is 4.71. The van der Waals surface area contributed by atoms with E-state index in [1.165, 1.54) is 43.9 Å². The Labute approximate surface area is 127 Å². The van der Waals surface area contributed by atoms with Crippen molar-refractivity contribution in [2.45, 2.75) is 31.7 Å². The van der Waals surface area contributed by atoms with Crippen LogP contribution in [0.3, 0.4) is 0 Å². The zero-order valence-electron chi connectivity index (χ0n) is 11.4. The molecule has 3 rings (SSSR count). The molecule has 2 aliphatic carbocycles. The Morgan fingerprint density at radius 3 is 2.33 bits per heavy atom. The van der Waals surface area contributed by atoms with Crippen molar-refractivity contribution >= 4 is 29.3 Å². The number of hydrogen-bond donors (Lipinski definition) is 3. The van der Waals surface area contributed by atoms with Crippen LogP contribution in [0.5, 0.6) is 0 Å². The number of carbonyl (C=O) groups is 2. The van der Waals surface area contributed by atoms with E-state index in [1.54, 1.807) is 0 Å². The van der Waals surface area contributed by atoms with E-state index in [-0.39, 0.29) is 17.6 Å². The molecule has 3 N–H and O–H groups in total. The molecular weight excluding hydrogens is 292 g/mol. The predicted molar refractivity (Wildman–Crippen MR) is 79.8 cm³/mol. The predicted octanol–water partition coefficient (Wildman–Crippen LogP) is 3.35. The molecule has 0 aromatic heterocycles. The van der Waals surface area contributed by atoms with Crippen molar-refractivity contribution in [3.63, 3.8) is 0 Å². The van der Waals surface area contributed by atoms with Crippen LogP contribution in [0, 0.1) is 11.8 Å². The largest absolute Gasteiger partial charge is 0.478 e. The number of nitrogens with one attached hydrogen (secondary N) is 2. The van der Waals surface area contributed by atoms with E-state index in [1.807, 2.05) is 0 Å². The molecule has 21 heavy (non-hydrogen) atoms. The fraction of sp³-hybridized carbons (Fsp3) is 0.467. The van der Waals surface area contributed by atoms with Gasteiger partial charge >= 0.3 is 12.0 Å². The summed E-state index contributed by atoms with van der Waals surface area (Å²) < 4.78 is 0. The summed E-state index contributed by atoms with van der Waals surface area (Å²) in [7, 11) is 0. The maximum atomic E-state index is 12.1. The second kappa shape index (κ2) is 5.56. The standard InChI is InChI=1S/C15H17ClN2O3/c16-11-6-5-10(14(19)20)7-12(11)17-15(21)18-13(8-1-2-8)9-3-4-9/h5-9,13H,1-4H2,(H,19,20)(H2,17,18,21). The van der Waals surface area contributed by atoms with E-state index in [4.69, 9.17) is 16.7 Å². The van der Waals surface area contributed by atoms with Gasteiger partial charge in [0.05, 0.1) is 16.3 Å². The van der Waals surface area contributed by atoms with Gasteiger partial charge in [-0.2, -0.15) is 0 Å². The molecular formula is C15H17ClN2O3. The van der Waals surface area contributed by atoms with Gasteiger partial charge in [0.15, 0.2) is 0 Å². The van der Waals surface area contributed by atoms with Crippen molar-refractivity contribution in [1.29, 1.82) is 0 Å². The zero-order valence-corrected chi connectivity index (χ0v) is 12.2. The van der Waals surface area contributed by atoms with Gasteiger partial charge in [0.25, 0.3) is 0 Å². The third kappa shape index (κ3) is 3.47. The van der Waals surface area contributed by atoms with Crippen molar-refractivity contribution in [2.75, 3.05) is 5.32 Å². The second-order valence-corrected chi connectivity index (χ2v) is 6.21. The second-order valence-electron chi connectivity index (χ2n) is 5.80. The molecule has 112 valence electrons. The van der Waals surface area contributed by atoms with Crippen LogP contribution in [-0.4, -0.2) is 23.1 Å². The lowest BCUT2D eigenvalue weighted by Crippen LogP contribution is -2.40. The highest BCUT2D eigenvalue weighted by molar-refractivity contribution is 6.33. The molecule has 0 unspecified atom stereocenters. The topological polar surface area (TPSA) is 78.4 Å². The van der Waals surface area contributed by atoms with Crippen LogP contribution in [0.4, 0.5) is 10.5 Å². The molecule has 0 heterocycles. The number of anilines is 1. The summed E-state index contributed by atoms with van der Waals surface area (Å²) in [5.41, 5.74) is 0.412. The first-order valence-corrected chi connectivity index (χ1v) is 7.53. The Morgan fingerprint density at radius 2 is 1.81 bits per heavy atom. The first-order valence-electron chi connectivity index (χ1n) is 7.15. The van der Waals surface area contributed by atoms with Gasteiger partial charge < -0.3 is 15.7 Å². The number of carboxylic acid groups (broad SMARTS) is 1. The van der Waals surface area contributed by atoms with E-state index in [2.05, 4.69) is 10.6 Å². The van der Waals surface area contributed by atoms with Gasteiger partial charge in [-0.25, -0.2) is 9.59 Å². The number of carbonyl (C=O) groups excluding carboxylic acids is 1. The first-order chi connectivity index (χ1) is 10.0. The van der Waals surface area contributed by atoms with Crippen molar-refractivity contribution in [2.24, 2.45) is 11.8 Å². The molecule has 0 saturated heterocycles. The lowest BCUT2D eigenvalue weighted by Gasteiger charge is -2.18. The zero-order chi connectivity index (χ0) is 15.0. The molecule has 2 aliphatic rings. The number of urea groups is 1. The number of carboxylic acids is 1. The average molecular weight is 309 g/mol. The van der Waals surface area contributed by atoms with Crippen LogP contribution < -0.4 is 10.6 Å². The average Bonchev–Trinajstić information content (AvgIpc) is 3.31. The summed E-state index contributed by atoms with van der Waals surface area (Å²) in [4.78, 5) is 23.0. The SMILES string of the molecule is O=C(Nc1cc(C(=O)O)ccc1Cl)NC(C1CC1)C1CC1. The molecule has 1 aromatic carbocycles. The Kier molecular flexibility index (Phi) is 3.76. The Bertz CT molecular complexity index is 570. The van der Waals surface area contributed by atoms with Gasteiger partial charge in [-0.1, -0.05) is 11.6 Å². The molecule has 0 aliphatic heterocycles. The molecule has 2 fully saturated rings. The molecule has 5 nitrogen and oxygen atoms in total. The molecule has 6 heteroatoms. The number of benzene rings is 1. The van der Waals surface area contributed by atoms with E-state index in [0.29, 0.717) is 22.5 Å². The van der Waals surface area contributed by atoms with Gasteiger partial charge in [-0.05, 0) is 55.7 Å². The van der Waals surface area contributed by atoms with Gasteiger partial charge in [0, 0.05) is 6.04 Å². The van der Waals surface area contributed by atoms with Gasteiger partial charge in [0.2, 0.25) is 0 Å². The van der Waals surface area contributed by atoms with Crippen LogP contribution in [0.25, 0.3) is 0 Å². The number of amides is 2. The van der Waals surface area contributed by atoms with E-state index in [0.717, 1.165) is 0 Å². The highest BCUT2D eigenvalue weighted by Crippen LogP contribution is 2.44. The number of aromatic carboxylic acids is 1. The number of hydrogen-bond acceptors (Lipinski definition) is 2. The summed E-state index contributed by atoms with van der Waals surface area (Å²) in [6.45, 7) is 0. The fourth-order valence-electron chi connectivity index (χ4n) is 2.60. The minimum absolute atomic E-state index is 0.0932. The summed E-state index contributed by atoms with van der Waals surface area (Å²) in [6, 6.07) is 4.17. The normalized spacial score (nSPS) is 17.6. The summed E-state index contributed by atoms with van der Waals surface area (Å²) in [5.74, 6) is 0.150. The molecule has 2 amide bonds. The van der Waals surface area contributed by atoms with Crippen LogP contribution in [0.15, 0.2) is 18.2 Å². The smallest absolute Gasteiger partial charge is 0.335 e. The minimum Gasteiger partial charge on any atom is -0.478 e. The lowest BCUT2D eigenvalue weighted by molar-refractivity contribution is 0.0697. The van der Waals surface area contributed by atoms with Crippen molar-refractivity contribution < 1.29 is 14.7 Å². The van der Waals surface area contributed by atoms with Crippen LogP contribution in [0.2, 0.25) is 5.02 Å². The quantitative estimate of drug-likeness (QED) is 0.780. The van der Waals surface area contributed by atoms with Crippen molar-refractivity contribution in [3.8, 4) is 0 Å². The Hall–Kier alpha value is -1.75. The lowest BCUT2D eigenvalue weighted by atomic mass is 10.1. The highest BCUT2D eigenvalue weighted by Gasteiger charge is 2.42. The molecule has 0 spiro atoms. The van der Waals surface area contributed by atoms with Crippen LogP contribution >= 0.6 is 11.6 Å². The van der Waals surface area contributed by atoms with Gasteiger partial charge in [-0.3, -0.25) is 0 Å². The monoisotopic (exact) mass is 308 g/mol. The summed E-state index contributed by atoms with van der Waals surface area (Å²) >= 11 is 6.00. The summed E-state index contributed by atoms with van der Waals surface area (Å²) in [5, 5.41) is 15.0. The minimum atomic E-state index is -1.05. The van der Waals surface area contributed by atoms with E-state index < -0.39 is 5.97 Å². The number of rotatable bonds is 5. The third-order valence-corrected chi connectivity index (χ3v) is 4.35. The fourth-order valence-corrected chi connectivity index (χ4v) is 2.76. The van der Waals surface area contributed by atoms with Gasteiger partial charge in [-0.15, -0.1) is 0 Å². The maximum Gasteiger partial charge on any atom is 0.335 e. The van der Waals surface area contributed by atoms with E-state index >= 15 is 0 Å². The first kappa shape index (κ1) is 14.2. The van der Waals surface area contributed by atoms with Crippen LogP contribution in [0.1, 0.15) is 36.0 Å².